The Morgan fingerprint density at radius 2 is 2.07 bits per heavy atom. The normalized spacial score (nSPS) is 14.6. The van der Waals surface area contributed by atoms with E-state index in [4.69, 9.17) is 0 Å². The van der Waals surface area contributed by atoms with Crippen LogP contribution in [0, 0.1) is 0 Å². The molecule has 0 bridgehead atoms. The van der Waals surface area contributed by atoms with Gasteiger partial charge in [-0.2, -0.15) is 5.10 Å². The van der Waals surface area contributed by atoms with Crippen LogP contribution in [0.15, 0.2) is 53.7 Å². The van der Waals surface area contributed by atoms with E-state index in [0.29, 0.717) is 0 Å². The van der Waals surface area contributed by atoms with Crippen molar-refractivity contribution < 1.29 is 18.0 Å². The van der Waals surface area contributed by atoms with Crippen LogP contribution < -0.4 is 10.6 Å². The molecule has 0 radical (unpaired) electrons. The third-order valence-electron chi connectivity index (χ3n) is 4.32. The van der Waals surface area contributed by atoms with E-state index in [1.165, 1.54) is 36.5 Å². The largest absolute Gasteiger partial charge is 0.346 e. The maximum absolute atomic E-state index is 12.8. The van der Waals surface area contributed by atoms with Crippen molar-refractivity contribution in [1.82, 2.24) is 19.1 Å². The first-order valence-corrected chi connectivity index (χ1v) is 9.45. The van der Waals surface area contributed by atoms with Gasteiger partial charge in [0.15, 0.2) is 0 Å². The van der Waals surface area contributed by atoms with Gasteiger partial charge < -0.3 is 10.6 Å². The molecule has 0 saturated heterocycles. The highest BCUT2D eigenvalue weighted by Gasteiger charge is 2.30. The molecule has 1 aliphatic heterocycles. The van der Waals surface area contributed by atoms with Gasteiger partial charge in [0.1, 0.15) is 10.6 Å². The van der Waals surface area contributed by atoms with E-state index in [2.05, 4.69) is 15.7 Å². The number of amides is 2. The van der Waals surface area contributed by atoms with E-state index < -0.39 is 21.8 Å². The van der Waals surface area contributed by atoms with Gasteiger partial charge in [-0.25, -0.2) is 12.4 Å². The van der Waals surface area contributed by atoms with Gasteiger partial charge in [0.25, 0.3) is 21.8 Å². The predicted octanol–water partition coefficient (Wildman–Crippen LogP) is 0.954. The molecule has 0 spiro atoms. The molecule has 0 unspecified atom stereocenters. The summed E-state index contributed by atoms with van der Waals surface area (Å²) in [6.07, 6.45) is 2.94. The molecule has 4 rings (SSSR count). The molecule has 1 aliphatic rings. The minimum atomic E-state index is -3.93. The lowest BCUT2D eigenvalue weighted by molar-refractivity contribution is 0.0948. The van der Waals surface area contributed by atoms with Gasteiger partial charge in [-0.05, 0) is 36.4 Å². The van der Waals surface area contributed by atoms with Crippen LogP contribution in [-0.2, 0) is 23.6 Å². The van der Waals surface area contributed by atoms with E-state index in [-0.39, 0.29) is 28.4 Å². The molecule has 27 heavy (non-hydrogen) atoms. The van der Waals surface area contributed by atoms with Crippen LogP contribution in [0.4, 0.5) is 5.69 Å². The number of aromatic nitrogens is 3. The van der Waals surface area contributed by atoms with Crippen molar-refractivity contribution in [2.75, 3.05) is 5.32 Å². The van der Waals surface area contributed by atoms with E-state index in [1.807, 2.05) is 0 Å². The van der Waals surface area contributed by atoms with Crippen LogP contribution in [0.2, 0.25) is 0 Å². The van der Waals surface area contributed by atoms with Crippen molar-refractivity contribution in [3.05, 3.63) is 65.7 Å². The van der Waals surface area contributed by atoms with E-state index >= 15 is 0 Å². The zero-order valence-corrected chi connectivity index (χ0v) is 15.0. The molecule has 1 aromatic carbocycles. The third-order valence-corrected chi connectivity index (χ3v) is 6.07. The summed E-state index contributed by atoms with van der Waals surface area (Å²) in [7, 11) is -2.17. The number of hydrogen-bond acceptors (Lipinski definition) is 5. The molecule has 3 heterocycles. The summed E-state index contributed by atoms with van der Waals surface area (Å²) in [4.78, 5) is 24.7. The summed E-state index contributed by atoms with van der Waals surface area (Å²) < 4.78 is 28.1. The van der Waals surface area contributed by atoms with Crippen LogP contribution in [0.3, 0.4) is 0 Å². The molecular formula is C17H15N5O4S. The monoisotopic (exact) mass is 385 g/mol. The number of benzene rings is 1. The van der Waals surface area contributed by atoms with Gasteiger partial charge in [0, 0.05) is 25.0 Å². The molecule has 2 aromatic heterocycles. The molecule has 2 N–H and O–H groups in total. The van der Waals surface area contributed by atoms with Crippen LogP contribution in [0.1, 0.15) is 26.5 Å². The SMILES string of the molecule is Cn1nccc1CNC(=O)c1ccc2c(c1)NC(=O)c1cccn1S2(=O)=O. The molecule has 2 amide bonds. The molecule has 0 fully saturated rings. The van der Waals surface area contributed by atoms with Crippen molar-refractivity contribution in [2.45, 2.75) is 11.4 Å². The first-order chi connectivity index (χ1) is 12.9. The maximum Gasteiger partial charge on any atom is 0.273 e. The summed E-state index contributed by atoms with van der Waals surface area (Å²) in [6, 6.07) is 8.76. The Labute approximate surface area is 154 Å². The molecule has 10 heteroatoms. The van der Waals surface area contributed by atoms with Crippen LogP contribution >= 0.6 is 0 Å². The second-order valence-electron chi connectivity index (χ2n) is 5.99. The van der Waals surface area contributed by atoms with E-state index in [0.717, 1.165) is 9.67 Å². The van der Waals surface area contributed by atoms with Gasteiger partial charge in [-0.15, -0.1) is 0 Å². The van der Waals surface area contributed by atoms with Gasteiger partial charge in [-0.1, -0.05) is 0 Å². The number of hydrogen-bond donors (Lipinski definition) is 2. The Morgan fingerprint density at radius 1 is 1.26 bits per heavy atom. The maximum atomic E-state index is 12.8. The number of anilines is 1. The summed E-state index contributed by atoms with van der Waals surface area (Å²) in [5.74, 6) is -0.954. The third kappa shape index (κ3) is 2.79. The average molecular weight is 385 g/mol. The number of carbonyl (C=O) groups excluding carboxylic acids is 2. The number of carbonyl (C=O) groups is 2. The Morgan fingerprint density at radius 3 is 2.81 bits per heavy atom. The van der Waals surface area contributed by atoms with Crippen LogP contribution in [0.25, 0.3) is 0 Å². The highest BCUT2D eigenvalue weighted by Crippen LogP contribution is 2.29. The highest BCUT2D eigenvalue weighted by molar-refractivity contribution is 7.90. The number of rotatable bonds is 3. The van der Waals surface area contributed by atoms with Gasteiger partial charge in [0.05, 0.1) is 17.9 Å². The highest BCUT2D eigenvalue weighted by atomic mass is 32.2. The van der Waals surface area contributed by atoms with Gasteiger partial charge in [0.2, 0.25) is 0 Å². The minimum absolute atomic E-state index is 0.00779. The molecule has 0 atom stereocenters. The lowest BCUT2D eigenvalue weighted by Crippen LogP contribution is -2.24. The second-order valence-corrected chi connectivity index (χ2v) is 7.77. The molecule has 0 saturated carbocycles. The standard InChI is InChI=1S/C17H15N5O4S/c1-21-12(6-7-19-21)10-18-16(23)11-4-5-15-13(9-11)20-17(24)14-3-2-8-22(14)27(15,25)26/h2-9H,10H2,1H3,(H,18,23)(H,20,24). The average Bonchev–Trinajstić information content (AvgIpc) is 3.27. The van der Waals surface area contributed by atoms with E-state index in [1.54, 1.807) is 24.0 Å². The Kier molecular flexibility index (Phi) is 3.84. The second kappa shape index (κ2) is 6.09. The van der Waals surface area contributed by atoms with Crippen molar-refractivity contribution >= 4 is 27.5 Å². The minimum Gasteiger partial charge on any atom is -0.346 e. The predicted molar refractivity (Wildman–Crippen MR) is 95.8 cm³/mol. The van der Waals surface area contributed by atoms with Gasteiger partial charge >= 0.3 is 0 Å². The van der Waals surface area contributed by atoms with Gasteiger partial charge in [-0.3, -0.25) is 14.3 Å². The smallest absolute Gasteiger partial charge is 0.273 e. The fourth-order valence-corrected chi connectivity index (χ4v) is 4.36. The van der Waals surface area contributed by atoms with Crippen LogP contribution in [0.5, 0.6) is 0 Å². The fraction of sp³-hybridized carbons (Fsp3) is 0.118. The lowest BCUT2D eigenvalue weighted by Gasteiger charge is -2.10. The molecular weight excluding hydrogens is 370 g/mol. The number of nitrogens with one attached hydrogen (secondary N) is 2. The van der Waals surface area contributed by atoms with Crippen molar-refractivity contribution in [2.24, 2.45) is 7.05 Å². The quantitative estimate of drug-likeness (QED) is 0.697. The zero-order chi connectivity index (χ0) is 19.2. The summed E-state index contributed by atoms with van der Waals surface area (Å²) >= 11 is 0. The lowest BCUT2D eigenvalue weighted by atomic mass is 10.2. The van der Waals surface area contributed by atoms with Crippen molar-refractivity contribution in [3.8, 4) is 0 Å². The number of aryl methyl sites for hydroxylation is 1. The summed E-state index contributed by atoms with van der Waals surface area (Å²) in [5, 5.41) is 9.33. The molecule has 3 aromatic rings. The van der Waals surface area contributed by atoms with E-state index in [9.17, 15) is 18.0 Å². The Hall–Kier alpha value is -3.40. The number of nitrogens with zero attached hydrogens (tertiary/aromatic N) is 3. The number of fused-ring (bicyclic) bond motifs is 2. The van der Waals surface area contributed by atoms with Crippen molar-refractivity contribution in [3.63, 3.8) is 0 Å². The molecule has 9 nitrogen and oxygen atoms in total. The summed E-state index contributed by atoms with van der Waals surface area (Å²) in [6.45, 7) is 0.266. The van der Waals surface area contributed by atoms with Crippen LogP contribution in [-0.4, -0.2) is 34.0 Å². The molecule has 138 valence electrons. The Balaban J connectivity index is 1.66. The summed E-state index contributed by atoms with van der Waals surface area (Å²) in [5.41, 5.74) is 1.12. The fourth-order valence-electron chi connectivity index (χ4n) is 2.89. The topological polar surface area (TPSA) is 115 Å². The first kappa shape index (κ1) is 17.0. The molecule has 0 aliphatic carbocycles. The first-order valence-electron chi connectivity index (χ1n) is 8.01. The zero-order valence-electron chi connectivity index (χ0n) is 14.2. The Bertz CT molecular complexity index is 1180. The van der Waals surface area contributed by atoms with Crippen molar-refractivity contribution in [1.29, 1.82) is 0 Å².